The van der Waals surface area contributed by atoms with Crippen LogP contribution in [0.2, 0.25) is 0 Å². The van der Waals surface area contributed by atoms with E-state index in [0.29, 0.717) is 0 Å². The molecule has 0 atom stereocenters. The van der Waals surface area contributed by atoms with Crippen LogP contribution in [0.3, 0.4) is 0 Å². The number of aryl methyl sites for hydroxylation is 1. The summed E-state index contributed by atoms with van der Waals surface area (Å²) in [5.74, 6) is 1.74. The third-order valence-electron chi connectivity index (χ3n) is 2.20. The SMILES string of the molecule is C/C=N\C(=C/C)Nc1ncccc1CCC. The molecule has 0 spiro atoms. The van der Waals surface area contributed by atoms with Crippen molar-refractivity contribution in [2.24, 2.45) is 4.99 Å². The summed E-state index contributed by atoms with van der Waals surface area (Å²) in [6, 6.07) is 4.07. The maximum atomic E-state index is 4.34. The lowest BCUT2D eigenvalue weighted by atomic mass is 10.1. The van der Waals surface area contributed by atoms with Gasteiger partial charge in [-0.1, -0.05) is 19.4 Å². The maximum absolute atomic E-state index is 4.34. The van der Waals surface area contributed by atoms with E-state index in [1.807, 2.05) is 26.0 Å². The largest absolute Gasteiger partial charge is 0.325 e. The Hall–Kier alpha value is -1.64. The minimum atomic E-state index is 0.832. The van der Waals surface area contributed by atoms with Crippen LogP contribution >= 0.6 is 0 Å². The van der Waals surface area contributed by atoms with E-state index in [1.54, 1.807) is 12.4 Å². The summed E-state index contributed by atoms with van der Waals surface area (Å²) in [6.45, 7) is 6.02. The highest BCUT2D eigenvalue weighted by Crippen LogP contribution is 2.15. The van der Waals surface area contributed by atoms with Crippen molar-refractivity contribution in [2.45, 2.75) is 33.6 Å². The normalized spacial score (nSPS) is 12.1. The number of aromatic nitrogens is 1. The Morgan fingerprint density at radius 2 is 2.31 bits per heavy atom. The fraction of sp³-hybridized carbons (Fsp3) is 0.385. The average molecular weight is 217 g/mol. The van der Waals surface area contributed by atoms with E-state index < -0.39 is 0 Å². The lowest BCUT2D eigenvalue weighted by Crippen LogP contribution is -2.02. The lowest BCUT2D eigenvalue weighted by molar-refractivity contribution is 0.914. The van der Waals surface area contributed by atoms with Gasteiger partial charge in [-0.25, -0.2) is 9.98 Å². The Labute approximate surface area is 97.3 Å². The number of nitrogens with one attached hydrogen (secondary N) is 1. The molecule has 1 aromatic heterocycles. The monoisotopic (exact) mass is 217 g/mol. The van der Waals surface area contributed by atoms with E-state index >= 15 is 0 Å². The summed E-state index contributed by atoms with van der Waals surface area (Å²) in [5, 5.41) is 3.24. The molecule has 1 aromatic rings. The molecule has 0 radical (unpaired) electrons. The molecule has 0 aliphatic rings. The molecule has 0 aliphatic carbocycles. The fourth-order valence-electron chi connectivity index (χ4n) is 1.46. The summed E-state index contributed by atoms with van der Waals surface area (Å²) in [7, 11) is 0. The van der Waals surface area contributed by atoms with Crippen LogP contribution in [-0.4, -0.2) is 11.2 Å². The topological polar surface area (TPSA) is 37.3 Å². The Morgan fingerprint density at radius 1 is 1.50 bits per heavy atom. The number of aliphatic imine (C=N–C) groups is 1. The van der Waals surface area contributed by atoms with Crippen LogP contribution in [0.15, 0.2) is 35.2 Å². The van der Waals surface area contributed by atoms with Crippen LogP contribution in [0.4, 0.5) is 5.82 Å². The van der Waals surface area contributed by atoms with Gasteiger partial charge in [0.05, 0.1) is 0 Å². The van der Waals surface area contributed by atoms with Crippen molar-refractivity contribution in [3.8, 4) is 0 Å². The third kappa shape index (κ3) is 3.50. The molecule has 0 amide bonds. The highest BCUT2D eigenvalue weighted by Gasteiger charge is 2.02. The molecule has 3 heteroatoms. The number of anilines is 1. The molecular formula is C13H19N3. The van der Waals surface area contributed by atoms with E-state index in [1.165, 1.54) is 5.56 Å². The first-order valence-corrected chi connectivity index (χ1v) is 5.67. The van der Waals surface area contributed by atoms with Crippen molar-refractivity contribution >= 4 is 12.0 Å². The van der Waals surface area contributed by atoms with Gasteiger partial charge in [-0.3, -0.25) is 0 Å². The zero-order chi connectivity index (χ0) is 11.8. The van der Waals surface area contributed by atoms with Gasteiger partial charge in [0.1, 0.15) is 11.6 Å². The first kappa shape index (κ1) is 12.4. The molecule has 0 bridgehead atoms. The first-order chi connectivity index (χ1) is 7.81. The van der Waals surface area contributed by atoms with Gasteiger partial charge < -0.3 is 5.32 Å². The molecule has 1 heterocycles. The zero-order valence-electron chi connectivity index (χ0n) is 10.2. The van der Waals surface area contributed by atoms with Crippen LogP contribution in [-0.2, 0) is 6.42 Å². The van der Waals surface area contributed by atoms with E-state index in [0.717, 1.165) is 24.5 Å². The summed E-state index contributed by atoms with van der Waals surface area (Å²) in [5.41, 5.74) is 1.23. The van der Waals surface area contributed by atoms with Crippen LogP contribution in [0.25, 0.3) is 0 Å². The van der Waals surface area contributed by atoms with Crippen LogP contribution in [0.1, 0.15) is 32.8 Å². The zero-order valence-corrected chi connectivity index (χ0v) is 10.2. The molecule has 0 aromatic carbocycles. The third-order valence-corrected chi connectivity index (χ3v) is 2.20. The molecule has 86 valence electrons. The van der Waals surface area contributed by atoms with Crippen molar-refractivity contribution in [1.29, 1.82) is 0 Å². The minimum absolute atomic E-state index is 0.832. The Kier molecular flexibility index (Phi) is 5.26. The molecule has 0 fully saturated rings. The Bertz CT molecular complexity index is 381. The number of pyridine rings is 1. The molecular weight excluding hydrogens is 198 g/mol. The molecule has 16 heavy (non-hydrogen) atoms. The summed E-state index contributed by atoms with van der Waals surface area (Å²) in [4.78, 5) is 8.57. The number of hydrogen-bond donors (Lipinski definition) is 1. The van der Waals surface area contributed by atoms with Crippen LogP contribution in [0, 0.1) is 0 Å². The van der Waals surface area contributed by atoms with Gasteiger partial charge in [0.15, 0.2) is 0 Å². The molecule has 0 unspecified atom stereocenters. The van der Waals surface area contributed by atoms with Crippen molar-refractivity contribution in [3.63, 3.8) is 0 Å². The van der Waals surface area contributed by atoms with Crippen molar-refractivity contribution in [1.82, 2.24) is 4.98 Å². The highest BCUT2D eigenvalue weighted by molar-refractivity contribution is 5.57. The highest BCUT2D eigenvalue weighted by atomic mass is 15.1. The molecule has 3 nitrogen and oxygen atoms in total. The molecule has 1 N–H and O–H groups in total. The quantitative estimate of drug-likeness (QED) is 0.767. The first-order valence-electron chi connectivity index (χ1n) is 5.67. The standard InChI is InChI=1S/C13H19N3/c1-4-8-11-9-7-10-15-13(11)16-12(5-2)14-6-3/h5-7,9-10H,4,8H2,1-3H3,(H,15,16)/b12-5+,14-6-. The lowest BCUT2D eigenvalue weighted by Gasteiger charge is -2.09. The second-order valence-corrected chi connectivity index (χ2v) is 3.45. The summed E-state index contributed by atoms with van der Waals surface area (Å²) >= 11 is 0. The molecule has 0 aliphatic heterocycles. The van der Waals surface area contributed by atoms with Crippen molar-refractivity contribution in [3.05, 3.63) is 35.8 Å². The second kappa shape index (κ2) is 6.77. The van der Waals surface area contributed by atoms with Gasteiger partial charge in [-0.2, -0.15) is 0 Å². The van der Waals surface area contributed by atoms with E-state index in [-0.39, 0.29) is 0 Å². The van der Waals surface area contributed by atoms with Gasteiger partial charge in [0.25, 0.3) is 0 Å². The number of nitrogens with zero attached hydrogens (tertiary/aromatic N) is 2. The fourth-order valence-corrected chi connectivity index (χ4v) is 1.46. The number of rotatable bonds is 5. The Morgan fingerprint density at radius 3 is 2.94 bits per heavy atom. The number of hydrogen-bond acceptors (Lipinski definition) is 3. The molecule has 0 saturated heterocycles. The summed E-state index contributed by atoms with van der Waals surface area (Å²) < 4.78 is 0. The second-order valence-electron chi connectivity index (χ2n) is 3.45. The minimum Gasteiger partial charge on any atom is -0.325 e. The maximum Gasteiger partial charge on any atom is 0.134 e. The van der Waals surface area contributed by atoms with Crippen LogP contribution < -0.4 is 5.32 Å². The van der Waals surface area contributed by atoms with Gasteiger partial charge in [0, 0.05) is 12.4 Å². The summed E-state index contributed by atoms with van der Waals surface area (Å²) in [6.07, 6.45) is 7.64. The Balaban J connectivity index is 2.87. The van der Waals surface area contributed by atoms with Gasteiger partial charge >= 0.3 is 0 Å². The molecule has 1 rings (SSSR count). The van der Waals surface area contributed by atoms with E-state index in [2.05, 4.69) is 28.3 Å². The predicted molar refractivity (Wildman–Crippen MR) is 69.8 cm³/mol. The van der Waals surface area contributed by atoms with Crippen molar-refractivity contribution in [2.75, 3.05) is 5.32 Å². The van der Waals surface area contributed by atoms with Crippen molar-refractivity contribution < 1.29 is 0 Å². The van der Waals surface area contributed by atoms with E-state index in [4.69, 9.17) is 0 Å². The smallest absolute Gasteiger partial charge is 0.134 e. The predicted octanol–water partition coefficient (Wildman–Crippen LogP) is 3.40. The van der Waals surface area contributed by atoms with Gasteiger partial charge in [-0.15, -0.1) is 0 Å². The van der Waals surface area contributed by atoms with Crippen LogP contribution in [0.5, 0.6) is 0 Å². The van der Waals surface area contributed by atoms with Gasteiger partial charge in [0.2, 0.25) is 0 Å². The van der Waals surface area contributed by atoms with Gasteiger partial charge in [-0.05, 0) is 38.0 Å². The number of allylic oxidation sites excluding steroid dienone is 1. The average Bonchev–Trinajstić information content (AvgIpc) is 2.31. The molecule has 0 saturated carbocycles. The van der Waals surface area contributed by atoms with E-state index in [9.17, 15) is 0 Å².